The number of benzene rings is 2. The lowest BCUT2D eigenvalue weighted by molar-refractivity contribution is -0.148. The van der Waals surface area contributed by atoms with Gasteiger partial charge in [-0.25, -0.2) is 8.42 Å². The van der Waals surface area contributed by atoms with Gasteiger partial charge in [0.25, 0.3) is 0 Å². The second kappa shape index (κ2) is 7.66. The Balaban J connectivity index is 1.45. The monoisotopic (exact) mass is 401 g/mol. The summed E-state index contributed by atoms with van der Waals surface area (Å²) in [7, 11) is -3.57. The average molecular weight is 401 g/mol. The van der Waals surface area contributed by atoms with Gasteiger partial charge in [0.05, 0.1) is 23.5 Å². The Hall–Kier alpha value is -2.22. The van der Waals surface area contributed by atoms with Crippen LogP contribution in [0.4, 0.5) is 0 Å². The summed E-state index contributed by atoms with van der Waals surface area (Å²) in [5, 5.41) is 0. The van der Waals surface area contributed by atoms with Crippen molar-refractivity contribution in [1.82, 2.24) is 4.31 Å². The summed E-state index contributed by atoms with van der Waals surface area (Å²) in [6, 6.07) is 16.3. The number of ether oxygens (including phenoxy) is 2. The molecule has 1 heterocycles. The maximum absolute atomic E-state index is 12.8. The molecule has 7 heteroatoms. The van der Waals surface area contributed by atoms with E-state index in [0.29, 0.717) is 31.9 Å². The largest absolute Gasteiger partial charge is 0.460 e. The van der Waals surface area contributed by atoms with Crippen molar-refractivity contribution in [1.29, 1.82) is 0 Å². The van der Waals surface area contributed by atoms with Gasteiger partial charge in [0.1, 0.15) is 6.61 Å². The van der Waals surface area contributed by atoms with Crippen molar-refractivity contribution >= 4 is 16.0 Å². The van der Waals surface area contributed by atoms with Gasteiger partial charge in [0, 0.05) is 13.1 Å². The van der Waals surface area contributed by atoms with Crippen molar-refractivity contribution < 1.29 is 22.7 Å². The van der Waals surface area contributed by atoms with E-state index in [4.69, 9.17) is 9.47 Å². The first-order valence-corrected chi connectivity index (χ1v) is 10.9. The van der Waals surface area contributed by atoms with E-state index >= 15 is 0 Å². The highest BCUT2D eigenvalue weighted by Crippen LogP contribution is 2.49. The van der Waals surface area contributed by atoms with Crippen LogP contribution >= 0.6 is 0 Å². The van der Waals surface area contributed by atoms with Crippen LogP contribution in [-0.2, 0) is 36.3 Å². The maximum atomic E-state index is 12.8. The summed E-state index contributed by atoms with van der Waals surface area (Å²) in [6.07, 6.45) is 1.56. The second-order valence-electron chi connectivity index (χ2n) is 7.19. The molecule has 2 aromatic carbocycles. The summed E-state index contributed by atoms with van der Waals surface area (Å²) in [4.78, 5) is 12.9. The lowest BCUT2D eigenvalue weighted by Gasteiger charge is -2.26. The number of hydrogen-bond acceptors (Lipinski definition) is 5. The van der Waals surface area contributed by atoms with Crippen LogP contribution in [-0.4, -0.2) is 45.0 Å². The number of hydrogen-bond donors (Lipinski definition) is 0. The lowest BCUT2D eigenvalue weighted by Crippen LogP contribution is -2.40. The smallest absolute Gasteiger partial charge is 0.316 e. The molecule has 2 aliphatic rings. The van der Waals surface area contributed by atoms with Crippen molar-refractivity contribution in [2.45, 2.75) is 29.8 Å². The van der Waals surface area contributed by atoms with Crippen LogP contribution in [0.5, 0.6) is 0 Å². The third-order valence-corrected chi connectivity index (χ3v) is 7.24. The predicted octanol–water partition coefficient (Wildman–Crippen LogP) is 2.48. The molecule has 0 bridgehead atoms. The highest BCUT2D eigenvalue weighted by atomic mass is 32.2. The maximum Gasteiger partial charge on any atom is 0.316 e. The van der Waals surface area contributed by atoms with E-state index < -0.39 is 15.4 Å². The number of rotatable bonds is 6. The first-order chi connectivity index (χ1) is 13.5. The molecule has 148 valence electrons. The predicted molar refractivity (Wildman–Crippen MR) is 103 cm³/mol. The minimum atomic E-state index is -3.57. The Bertz CT molecular complexity index is 948. The van der Waals surface area contributed by atoms with Gasteiger partial charge in [-0.05, 0) is 36.1 Å². The summed E-state index contributed by atoms with van der Waals surface area (Å²) >= 11 is 0. The zero-order chi connectivity index (χ0) is 19.6. The third kappa shape index (κ3) is 3.70. The molecular formula is C21H23NO5S. The van der Waals surface area contributed by atoms with E-state index in [-0.39, 0.29) is 17.5 Å². The molecular weight excluding hydrogens is 378 g/mol. The van der Waals surface area contributed by atoms with Crippen LogP contribution in [0.25, 0.3) is 0 Å². The standard InChI is InChI=1S/C21H23NO5S/c23-20(21(9-10-21)18-6-2-1-3-7-18)27-16-17-5-4-8-19(15-17)28(24,25)22-11-13-26-14-12-22/h1-8,15H,9-14,16H2. The van der Waals surface area contributed by atoms with Crippen molar-refractivity contribution in [3.05, 3.63) is 65.7 Å². The zero-order valence-corrected chi connectivity index (χ0v) is 16.4. The van der Waals surface area contributed by atoms with Crippen molar-refractivity contribution in [3.8, 4) is 0 Å². The molecule has 0 N–H and O–H groups in total. The van der Waals surface area contributed by atoms with E-state index in [1.54, 1.807) is 24.3 Å². The Morgan fingerprint density at radius 3 is 2.43 bits per heavy atom. The minimum absolute atomic E-state index is 0.0554. The topological polar surface area (TPSA) is 72.9 Å². The van der Waals surface area contributed by atoms with Gasteiger partial charge in [-0.15, -0.1) is 0 Å². The van der Waals surface area contributed by atoms with Crippen LogP contribution < -0.4 is 0 Å². The van der Waals surface area contributed by atoms with E-state index in [0.717, 1.165) is 18.4 Å². The summed E-state index contributed by atoms with van der Waals surface area (Å²) in [5.41, 5.74) is 1.09. The Kier molecular flexibility index (Phi) is 5.23. The number of sulfonamides is 1. The van der Waals surface area contributed by atoms with Crippen LogP contribution in [0.2, 0.25) is 0 Å². The molecule has 1 aliphatic heterocycles. The fourth-order valence-corrected chi connectivity index (χ4v) is 4.99. The van der Waals surface area contributed by atoms with E-state index in [2.05, 4.69) is 0 Å². The number of morpholine rings is 1. The molecule has 0 amide bonds. The number of carbonyl (C=O) groups excluding carboxylic acids is 1. The van der Waals surface area contributed by atoms with E-state index in [9.17, 15) is 13.2 Å². The fourth-order valence-electron chi connectivity index (χ4n) is 3.51. The van der Waals surface area contributed by atoms with E-state index in [1.807, 2.05) is 30.3 Å². The molecule has 4 rings (SSSR count). The average Bonchev–Trinajstić information content (AvgIpc) is 3.56. The summed E-state index contributed by atoms with van der Waals surface area (Å²) in [6.45, 7) is 1.55. The van der Waals surface area contributed by atoms with Gasteiger partial charge in [0.15, 0.2) is 0 Å². The first-order valence-electron chi connectivity index (χ1n) is 9.42. The lowest BCUT2D eigenvalue weighted by atomic mass is 9.96. The van der Waals surface area contributed by atoms with Gasteiger partial charge >= 0.3 is 5.97 Å². The molecule has 28 heavy (non-hydrogen) atoms. The molecule has 1 aliphatic carbocycles. The summed E-state index contributed by atoms with van der Waals surface area (Å²) < 4.78 is 37.8. The molecule has 2 aromatic rings. The molecule has 1 saturated heterocycles. The third-order valence-electron chi connectivity index (χ3n) is 5.34. The van der Waals surface area contributed by atoms with Crippen molar-refractivity contribution in [3.63, 3.8) is 0 Å². The Morgan fingerprint density at radius 1 is 1.04 bits per heavy atom. The van der Waals surface area contributed by atoms with Gasteiger partial charge in [-0.2, -0.15) is 4.31 Å². The van der Waals surface area contributed by atoms with Crippen LogP contribution in [0.15, 0.2) is 59.5 Å². The second-order valence-corrected chi connectivity index (χ2v) is 9.13. The normalized spacial score (nSPS) is 19.1. The molecule has 1 saturated carbocycles. The van der Waals surface area contributed by atoms with E-state index in [1.165, 1.54) is 4.31 Å². The Morgan fingerprint density at radius 2 is 1.75 bits per heavy atom. The number of nitrogens with zero attached hydrogens (tertiary/aromatic N) is 1. The number of esters is 1. The molecule has 6 nitrogen and oxygen atoms in total. The molecule has 0 radical (unpaired) electrons. The Labute approximate surface area is 165 Å². The highest BCUT2D eigenvalue weighted by molar-refractivity contribution is 7.89. The first kappa shape index (κ1) is 19.1. The summed E-state index contributed by atoms with van der Waals surface area (Å²) in [5.74, 6) is -0.250. The van der Waals surface area contributed by atoms with Gasteiger partial charge < -0.3 is 9.47 Å². The molecule has 2 fully saturated rings. The van der Waals surface area contributed by atoms with Crippen LogP contribution in [0.3, 0.4) is 0 Å². The van der Waals surface area contributed by atoms with Crippen molar-refractivity contribution in [2.75, 3.05) is 26.3 Å². The number of carbonyl (C=O) groups is 1. The van der Waals surface area contributed by atoms with Gasteiger partial charge in [-0.3, -0.25) is 4.79 Å². The fraction of sp³-hybridized carbons (Fsp3) is 0.381. The molecule has 0 atom stereocenters. The van der Waals surface area contributed by atoms with Gasteiger partial charge in [0.2, 0.25) is 10.0 Å². The molecule has 0 aromatic heterocycles. The molecule has 0 unspecified atom stereocenters. The minimum Gasteiger partial charge on any atom is -0.460 e. The quantitative estimate of drug-likeness (QED) is 0.696. The van der Waals surface area contributed by atoms with Gasteiger partial charge in [-0.1, -0.05) is 42.5 Å². The molecule has 0 spiro atoms. The zero-order valence-electron chi connectivity index (χ0n) is 15.5. The van der Waals surface area contributed by atoms with Crippen molar-refractivity contribution in [2.24, 2.45) is 0 Å². The van der Waals surface area contributed by atoms with Crippen LogP contribution in [0.1, 0.15) is 24.0 Å². The highest BCUT2D eigenvalue weighted by Gasteiger charge is 2.52. The SMILES string of the molecule is O=C(OCc1cccc(S(=O)(=O)N2CCOCC2)c1)C1(c2ccccc2)CC1. The van der Waals surface area contributed by atoms with Crippen LogP contribution in [0, 0.1) is 0 Å².